The van der Waals surface area contributed by atoms with Crippen molar-refractivity contribution in [3.63, 3.8) is 0 Å². The Kier molecular flexibility index (Phi) is 4.29. The van der Waals surface area contributed by atoms with Crippen LogP contribution in [0.3, 0.4) is 0 Å². The lowest BCUT2D eigenvalue weighted by atomic mass is 10.0. The molecule has 2 heteroatoms. The van der Waals surface area contributed by atoms with E-state index in [4.69, 9.17) is 5.73 Å². The summed E-state index contributed by atoms with van der Waals surface area (Å²) in [4.78, 5) is 10.8. The Labute approximate surface area is 97.2 Å². The fourth-order valence-electron chi connectivity index (χ4n) is 1.59. The van der Waals surface area contributed by atoms with Crippen LogP contribution in [0.1, 0.15) is 29.5 Å². The minimum absolute atomic E-state index is 0.389. The largest absolute Gasteiger partial charge is 0.366 e. The number of primary amides is 1. The summed E-state index contributed by atoms with van der Waals surface area (Å²) in [7, 11) is 0. The molecule has 0 unspecified atom stereocenters. The highest BCUT2D eigenvalue weighted by molar-refractivity contribution is 5.91. The molecule has 0 saturated heterocycles. The number of aryl methyl sites for hydroxylation is 3. The zero-order valence-electron chi connectivity index (χ0n) is 10.0. The minimum atomic E-state index is -0.389. The topological polar surface area (TPSA) is 43.1 Å². The standard InChI is InChI=1S/C14H19NO/c1-10-7-8-13(9-12(10)3)6-4-5-11(2)14(15)16/h7-9H,2,4-6H2,1,3H3,(H2,15,16). The van der Waals surface area contributed by atoms with E-state index in [-0.39, 0.29) is 5.91 Å². The Bertz CT molecular complexity index is 407. The van der Waals surface area contributed by atoms with E-state index in [0.717, 1.165) is 12.8 Å². The number of benzene rings is 1. The second kappa shape index (κ2) is 5.50. The number of hydrogen-bond donors (Lipinski definition) is 1. The zero-order valence-corrected chi connectivity index (χ0v) is 10.0. The van der Waals surface area contributed by atoms with E-state index >= 15 is 0 Å². The van der Waals surface area contributed by atoms with Gasteiger partial charge in [-0.25, -0.2) is 0 Å². The van der Waals surface area contributed by atoms with Gasteiger partial charge in [-0.1, -0.05) is 24.8 Å². The lowest BCUT2D eigenvalue weighted by Gasteiger charge is -2.05. The molecule has 0 aliphatic heterocycles. The molecular formula is C14H19NO. The van der Waals surface area contributed by atoms with Crippen molar-refractivity contribution < 1.29 is 4.79 Å². The van der Waals surface area contributed by atoms with E-state index in [1.54, 1.807) is 0 Å². The van der Waals surface area contributed by atoms with Gasteiger partial charge in [0, 0.05) is 5.57 Å². The Hall–Kier alpha value is -1.57. The molecule has 1 amide bonds. The molecule has 16 heavy (non-hydrogen) atoms. The SMILES string of the molecule is C=C(CCCc1ccc(C)c(C)c1)C(N)=O. The number of rotatable bonds is 5. The first kappa shape index (κ1) is 12.5. The normalized spacial score (nSPS) is 10.1. The summed E-state index contributed by atoms with van der Waals surface area (Å²) < 4.78 is 0. The number of hydrogen-bond acceptors (Lipinski definition) is 1. The van der Waals surface area contributed by atoms with Crippen LogP contribution in [-0.2, 0) is 11.2 Å². The monoisotopic (exact) mass is 217 g/mol. The third-order valence-corrected chi connectivity index (χ3v) is 2.86. The third kappa shape index (κ3) is 3.54. The smallest absolute Gasteiger partial charge is 0.244 e. The molecule has 0 aromatic heterocycles. The molecule has 0 heterocycles. The van der Waals surface area contributed by atoms with E-state index in [2.05, 4.69) is 38.6 Å². The lowest BCUT2D eigenvalue weighted by Crippen LogP contribution is -2.12. The van der Waals surface area contributed by atoms with Gasteiger partial charge in [-0.2, -0.15) is 0 Å². The van der Waals surface area contributed by atoms with Crippen LogP contribution in [0.15, 0.2) is 30.4 Å². The van der Waals surface area contributed by atoms with Crippen LogP contribution >= 0.6 is 0 Å². The van der Waals surface area contributed by atoms with Crippen LogP contribution in [0.4, 0.5) is 0 Å². The molecule has 0 saturated carbocycles. The molecule has 0 fully saturated rings. The van der Waals surface area contributed by atoms with Gasteiger partial charge in [0.25, 0.3) is 0 Å². The highest BCUT2D eigenvalue weighted by Gasteiger charge is 2.02. The summed E-state index contributed by atoms with van der Waals surface area (Å²) in [5, 5.41) is 0. The Morgan fingerprint density at radius 1 is 1.31 bits per heavy atom. The van der Waals surface area contributed by atoms with Crippen LogP contribution in [0.25, 0.3) is 0 Å². The summed E-state index contributed by atoms with van der Waals surface area (Å²) in [5.41, 5.74) is 9.57. The van der Waals surface area contributed by atoms with Gasteiger partial charge in [0.05, 0.1) is 0 Å². The number of nitrogens with two attached hydrogens (primary N) is 1. The maximum atomic E-state index is 10.8. The highest BCUT2D eigenvalue weighted by atomic mass is 16.1. The average Bonchev–Trinajstić information content (AvgIpc) is 2.23. The second-order valence-corrected chi connectivity index (χ2v) is 4.24. The van der Waals surface area contributed by atoms with E-state index in [1.807, 2.05) is 0 Å². The lowest BCUT2D eigenvalue weighted by molar-refractivity contribution is -0.114. The van der Waals surface area contributed by atoms with Crippen molar-refractivity contribution in [1.29, 1.82) is 0 Å². The average molecular weight is 217 g/mol. The fourth-order valence-corrected chi connectivity index (χ4v) is 1.59. The van der Waals surface area contributed by atoms with Crippen molar-refractivity contribution in [2.24, 2.45) is 5.73 Å². The first-order valence-electron chi connectivity index (χ1n) is 5.54. The zero-order chi connectivity index (χ0) is 12.1. The van der Waals surface area contributed by atoms with Gasteiger partial charge < -0.3 is 5.73 Å². The van der Waals surface area contributed by atoms with E-state index < -0.39 is 0 Å². The van der Waals surface area contributed by atoms with Gasteiger partial charge in [0.2, 0.25) is 5.91 Å². The van der Waals surface area contributed by atoms with E-state index in [9.17, 15) is 4.79 Å². The molecule has 0 radical (unpaired) electrons. The summed E-state index contributed by atoms with van der Waals surface area (Å²) in [6.07, 6.45) is 2.57. The van der Waals surface area contributed by atoms with Crippen LogP contribution in [0.2, 0.25) is 0 Å². The van der Waals surface area contributed by atoms with Gasteiger partial charge >= 0.3 is 0 Å². The van der Waals surface area contributed by atoms with Crippen molar-refractivity contribution in [2.45, 2.75) is 33.1 Å². The minimum Gasteiger partial charge on any atom is -0.366 e. The number of carbonyl (C=O) groups excluding carboxylic acids is 1. The summed E-state index contributed by atoms with van der Waals surface area (Å²) >= 11 is 0. The van der Waals surface area contributed by atoms with Crippen LogP contribution in [-0.4, -0.2) is 5.91 Å². The quantitative estimate of drug-likeness (QED) is 0.757. The van der Waals surface area contributed by atoms with Gasteiger partial charge in [-0.3, -0.25) is 4.79 Å². The van der Waals surface area contributed by atoms with Crippen molar-refractivity contribution in [3.8, 4) is 0 Å². The molecule has 86 valence electrons. The predicted molar refractivity (Wildman–Crippen MR) is 67.2 cm³/mol. The highest BCUT2D eigenvalue weighted by Crippen LogP contribution is 2.13. The summed E-state index contributed by atoms with van der Waals surface area (Å²) in [6, 6.07) is 6.46. The van der Waals surface area contributed by atoms with Crippen molar-refractivity contribution in [2.75, 3.05) is 0 Å². The van der Waals surface area contributed by atoms with E-state index in [0.29, 0.717) is 12.0 Å². The predicted octanol–water partition coefficient (Wildman–Crippen LogP) is 2.67. The molecule has 1 aromatic carbocycles. The molecule has 1 rings (SSSR count). The van der Waals surface area contributed by atoms with Gasteiger partial charge in [0.1, 0.15) is 0 Å². The Morgan fingerprint density at radius 3 is 2.56 bits per heavy atom. The van der Waals surface area contributed by atoms with Crippen LogP contribution in [0.5, 0.6) is 0 Å². The molecule has 0 spiro atoms. The molecule has 0 aliphatic rings. The maximum absolute atomic E-state index is 10.8. The fraction of sp³-hybridized carbons (Fsp3) is 0.357. The van der Waals surface area contributed by atoms with E-state index in [1.165, 1.54) is 16.7 Å². The first-order chi connectivity index (χ1) is 7.50. The number of carbonyl (C=O) groups is 1. The maximum Gasteiger partial charge on any atom is 0.244 e. The third-order valence-electron chi connectivity index (χ3n) is 2.86. The van der Waals surface area contributed by atoms with Crippen LogP contribution in [0, 0.1) is 13.8 Å². The first-order valence-corrected chi connectivity index (χ1v) is 5.54. The summed E-state index contributed by atoms with van der Waals surface area (Å²) in [5.74, 6) is -0.389. The van der Waals surface area contributed by atoms with Crippen molar-refractivity contribution in [3.05, 3.63) is 47.0 Å². The Balaban J connectivity index is 2.46. The molecular weight excluding hydrogens is 198 g/mol. The van der Waals surface area contributed by atoms with Crippen LogP contribution < -0.4 is 5.73 Å². The molecule has 0 bridgehead atoms. The van der Waals surface area contributed by atoms with Gasteiger partial charge in [-0.05, 0) is 49.8 Å². The van der Waals surface area contributed by atoms with Crippen molar-refractivity contribution >= 4 is 5.91 Å². The molecule has 1 aromatic rings. The molecule has 0 aliphatic carbocycles. The number of amides is 1. The summed E-state index contributed by atoms with van der Waals surface area (Å²) in [6.45, 7) is 7.86. The van der Waals surface area contributed by atoms with Gasteiger partial charge in [-0.15, -0.1) is 0 Å². The molecule has 2 nitrogen and oxygen atoms in total. The van der Waals surface area contributed by atoms with Crippen molar-refractivity contribution in [1.82, 2.24) is 0 Å². The Morgan fingerprint density at radius 2 is 2.00 bits per heavy atom. The molecule has 0 atom stereocenters. The van der Waals surface area contributed by atoms with Gasteiger partial charge in [0.15, 0.2) is 0 Å². The second-order valence-electron chi connectivity index (χ2n) is 4.24. The molecule has 2 N–H and O–H groups in total.